The van der Waals surface area contributed by atoms with Gasteiger partial charge in [0.2, 0.25) is 5.91 Å². The Morgan fingerprint density at radius 3 is 2.64 bits per heavy atom. The van der Waals surface area contributed by atoms with Crippen molar-refractivity contribution in [1.82, 2.24) is 15.0 Å². The van der Waals surface area contributed by atoms with E-state index >= 15 is 0 Å². The van der Waals surface area contributed by atoms with E-state index in [0.29, 0.717) is 24.0 Å². The maximum Gasteiger partial charge on any atom is 0.239 e. The molecule has 1 aromatic heterocycles. The number of carbonyl (C=O) groups excluding carboxylic acids is 1. The van der Waals surface area contributed by atoms with E-state index in [1.54, 1.807) is 11.6 Å². The van der Waals surface area contributed by atoms with Gasteiger partial charge >= 0.3 is 0 Å². The molecule has 1 N–H and O–H groups in total. The van der Waals surface area contributed by atoms with Crippen LogP contribution in [0.15, 0.2) is 22.2 Å². The van der Waals surface area contributed by atoms with Crippen molar-refractivity contribution in [3.8, 4) is 0 Å². The Kier molecular flexibility index (Phi) is 5.91. The summed E-state index contributed by atoms with van der Waals surface area (Å²) < 4.78 is 4.97. The summed E-state index contributed by atoms with van der Waals surface area (Å²) in [6, 6.07) is 1.73. The lowest BCUT2D eigenvalue weighted by atomic mass is 9.80. The Morgan fingerprint density at radius 1 is 1.28 bits per heavy atom. The number of allylic oxidation sites excluding steroid dienone is 1. The lowest BCUT2D eigenvalue weighted by Crippen LogP contribution is -2.50. The van der Waals surface area contributed by atoms with Crippen molar-refractivity contribution in [3.05, 3.63) is 23.5 Å². The van der Waals surface area contributed by atoms with Crippen LogP contribution < -0.4 is 5.32 Å². The molecule has 0 radical (unpaired) electrons. The third-order valence-corrected chi connectivity index (χ3v) is 5.54. The zero-order valence-electron chi connectivity index (χ0n) is 15.6. The Morgan fingerprint density at radius 2 is 2.00 bits per heavy atom. The lowest BCUT2D eigenvalue weighted by molar-refractivity contribution is -0.117. The minimum absolute atomic E-state index is 0.0265. The molecule has 1 amide bonds. The van der Waals surface area contributed by atoms with Crippen molar-refractivity contribution >= 4 is 11.7 Å². The van der Waals surface area contributed by atoms with Gasteiger partial charge in [-0.05, 0) is 38.5 Å². The monoisotopic (exact) mass is 346 g/mol. The van der Waals surface area contributed by atoms with Crippen molar-refractivity contribution in [1.29, 1.82) is 0 Å². The molecule has 1 fully saturated rings. The third-order valence-electron chi connectivity index (χ3n) is 5.54. The summed E-state index contributed by atoms with van der Waals surface area (Å²) in [6.45, 7) is 12.0. The first-order chi connectivity index (χ1) is 12.0. The van der Waals surface area contributed by atoms with E-state index in [-0.39, 0.29) is 5.91 Å². The van der Waals surface area contributed by atoms with Gasteiger partial charge in [0, 0.05) is 38.8 Å². The van der Waals surface area contributed by atoms with Gasteiger partial charge in [0.15, 0.2) is 5.82 Å². The molecule has 2 heterocycles. The Hall–Kier alpha value is -1.66. The second-order valence-electron chi connectivity index (χ2n) is 7.56. The minimum atomic E-state index is -0.0265. The summed E-state index contributed by atoms with van der Waals surface area (Å²) >= 11 is 0. The molecule has 138 valence electrons. The van der Waals surface area contributed by atoms with Gasteiger partial charge < -0.3 is 14.7 Å². The fourth-order valence-electron chi connectivity index (χ4n) is 3.92. The molecule has 0 unspecified atom stereocenters. The van der Waals surface area contributed by atoms with Crippen LogP contribution in [-0.2, 0) is 4.79 Å². The van der Waals surface area contributed by atoms with Crippen LogP contribution in [0.5, 0.6) is 0 Å². The van der Waals surface area contributed by atoms with Crippen molar-refractivity contribution in [3.63, 3.8) is 0 Å². The molecular formula is C19H30N4O2. The van der Waals surface area contributed by atoms with E-state index in [2.05, 4.69) is 40.2 Å². The number of rotatable bonds is 5. The molecule has 1 aliphatic heterocycles. The molecule has 1 aromatic rings. The van der Waals surface area contributed by atoms with Crippen LogP contribution in [-0.4, -0.2) is 60.1 Å². The number of aryl methyl sites for hydroxylation is 1. The second kappa shape index (κ2) is 8.15. The molecule has 0 bridgehead atoms. The van der Waals surface area contributed by atoms with Crippen molar-refractivity contribution in [2.45, 2.75) is 33.6 Å². The first-order valence-electron chi connectivity index (χ1n) is 9.36. The van der Waals surface area contributed by atoms with E-state index in [1.165, 1.54) is 12.8 Å². The summed E-state index contributed by atoms with van der Waals surface area (Å²) in [5.41, 5.74) is 1.56. The van der Waals surface area contributed by atoms with Crippen LogP contribution in [0.2, 0.25) is 0 Å². The molecular weight excluding hydrogens is 316 g/mol. The number of hydrogen-bond donors (Lipinski definition) is 1. The molecule has 1 aliphatic carbocycles. The van der Waals surface area contributed by atoms with Crippen LogP contribution >= 0.6 is 0 Å². The predicted molar refractivity (Wildman–Crippen MR) is 98.4 cm³/mol. The quantitative estimate of drug-likeness (QED) is 0.830. The number of amides is 1. The molecule has 0 aromatic carbocycles. The second-order valence-corrected chi connectivity index (χ2v) is 7.56. The third kappa shape index (κ3) is 4.92. The first-order valence-corrected chi connectivity index (χ1v) is 9.36. The van der Waals surface area contributed by atoms with E-state index in [9.17, 15) is 4.79 Å². The Balaban J connectivity index is 1.41. The summed E-state index contributed by atoms with van der Waals surface area (Å²) in [7, 11) is 0. The van der Waals surface area contributed by atoms with Crippen LogP contribution in [0.1, 0.15) is 32.4 Å². The van der Waals surface area contributed by atoms with Gasteiger partial charge in [-0.15, -0.1) is 0 Å². The predicted octanol–water partition coefficient (Wildman–Crippen LogP) is 2.53. The highest BCUT2D eigenvalue weighted by atomic mass is 16.5. The summed E-state index contributed by atoms with van der Waals surface area (Å²) in [4.78, 5) is 16.9. The summed E-state index contributed by atoms with van der Waals surface area (Å²) in [5.74, 6) is 2.64. The van der Waals surface area contributed by atoms with E-state index in [4.69, 9.17) is 4.52 Å². The molecule has 25 heavy (non-hydrogen) atoms. The number of hydrogen-bond acceptors (Lipinski definition) is 5. The van der Waals surface area contributed by atoms with Gasteiger partial charge in [-0.25, -0.2) is 0 Å². The molecule has 6 nitrogen and oxygen atoms in total. The summed E-state index contributed by atoms with van der Waals surface area (Å²) in [6.07, 6.45) is 4.96. The Labute approximate surface area is 150 Å². The highest BCUT2D eigenvalue weighted by molar-refractivity contribution is 5.91. The molecule has 3 rings (SSSR count). The highest BCUT2D eigenvalue weighted by Crippen LogP contribution is 2.30. The molecule has 2 aliphatic rings. The fourth-order valence-corrected chi connectivity index (χ4v) is 3.92. The van der Waals surface area contributed by atoms with Crippen molar-refractivity contribution in [2.24, 2.45) is 11.8 Å². The number of anilines is 1. The van der Waals surface area contributed by atoms with Gasteiger partial charge in [-0.3, -0.25) is 9.69 Å². The van der Waals surface area contributed by atoms with Gasteiger partial charge in [0.1, 0.15) is 5.76 Å². The fraction of sp³-hybridized carbons (Fsp3) is 0.684. The van der Waals surface area contributed by atoms with Gasteiger partial charge in [0.05, 0.1) is 6.54 Å². The maximum absolute atomic E-state index is 12.1. The van der Waals surface area contributed by atoms with E-state index < -0.39 is 0 Å². The molecule has 1 saturated heterocycles. The molecule has 6 heteroatoms. The smallest absolute Gasteiger partial charge is 0.239 e. The number of aromatic nitrogens is 1. The van der Waals surface area contributed by atoms with Gasteiger partial charge in [0.25, 0.3) is 0 Å². The standard InChI is InChI=1S/C19H30N4O2/c1-14-5-4-6-15(2)17(14)12-22-7-9-23(10-8-22)13-19(24)20-18-11-16(3)25-21-18/h5,11,15,17H,4,6-10,12-13H2,1-3H3,(H,20,21,24)/t15-,17-/m0/s1. The first kappa shape index (κ1) is 18.1. The van der Waals surface area contributed by atoms with Gasteiger partial charge in [-0.2, -0.15) is 0 Å². The van der Waals surface area contributed by atoms with Crippen LogP contribution in [0.25, 0.3) is 0 Å². The van der Waals surface area contributed by atoms with Crippen LogP contribution in [0, 0.1) is 18.8 Å². The zero-order valence-corrected chi connectivity index (χ0v) is 15.6. The molecule has 2 atom stereocenters. The summed E-state index contributed by atoms with van der Waals surface area (Å²) in [5, 5.41) is 6.59. The topological polar surface area (TPSA) is 61.6 Å². The zero-order chi connectivity index (χ0) is 17.8. The van der Waals surface area contributed by atoms with Crippen molar-refractivity contribution < 1.29 is 9.32 Å². The van der Waals surface area contributed by atoms with E-state index in [0.717, 1.165) is 38.6 Å². The number of carbonyl (C=O) groups is 1. The SMILES string of the molecule is CC1=CCC[C@H](C)[C@H]1CN1CCN(CC(=O)Nc2cc(C)on2)CC1. The number of nitrogens with zero attached hydrogens (tertiary/aromatic N) is 3. The lowest BCUT2D eigenvalue weighted by Gasteiger charge is -2.38. The molecule has 0 saturated carbocycles. The van der Waals surface area contributed by atoms with E-state index in [1.807, 2.05) is 6.92 Å². The minimum Gasteiger partial charge on any atom is -0.360 e. The number of nitrogens with one attached hydrogen (secondary N) is 1. The average molecular weight is 346 g/mol. The highest BCUT2D eigenvalue weighted by Gasteiger charge is 2.26. The van der Waals surface area contributed by atoms with Gasteiger partial charge in [-0.1, -0.05) is 23.7 Å². The number of piperazine rings is 1. The largest absolute Gasteiger partial charge is 0.360 e. The maximum atomic E-state index is 12.1. The molecule has 0 spiro atoms. The van der Waals surface area contributed by atoms with Crippen molar-refractivity contribution in [2.75, 3.05) is 44.6 Å². The van der Waals surface area contributed by atoms with Crippen LogP contribution in [0.4, 0.5) is 5.82 Å². The average Bonchev–Trinajstić information content (AvgIpc) is 2.97. The van der Waals surface area contributed by atoms with Crippen LogP contribution in [0.3, 0.4) is 0 Å². The Bertz CT molecular complexity index is 617. The normalized spacial score (nSPS) is 25.6.